The first-order valence-electron chi connectivity index (χ1n) is 7.69. The first-order valence-corrected chi connectivity index (χ1v) is 7.69. The van der Waals surface area contributed by atoms with E-state index in [0.717, 1.165) is 16.6 Å². The number of hydrogen-bond acceptors (Lipinski definition) is 3. The Kier molecular flexibility index (Phi) is 4.77. The van der Waals surface area contributed by atoms with E-state index in [4.69, 9.17) is 5.73 Å². The van der Waals surface area contributed by atoms with Crippen LogP contribution in [-0.4, -0.2) is 27.9 Å². The van der Waals surface area contributed by atoms with Crippen LogP contribution in [0.5, 0.6) is 0 Å². The highest BCUT2D eigenvalue weighted by Gasteiger charge is 2.05. The third kappa shape index (κ3) is 4.03. The number of hydrogen-bond donors (Lipinski definition) is 2. The molecule has 25 heavy (non-hydrogen) atoms. The number of nitrogens with one attached hydrogen (secondary N) is 1. The lowest BCUT2D eigenvalue weighted by Crippen LogP contribution is -2.27. The summed E-state index contributed by atoms with van der Waals surface area (Å²) in [6.45, 7) is 0.429. The fourth-order valence-corrected chi connectivity index (χ4v) is 2.35. The van der Waals surface area contributed by atoms with Crippen LogP contribution in [0.25, 0.3) is 11.0 Å². The molecule has 0 aliphatic heterocycles. The summed E-state index contributed by atoms with van der Waals surface area (Å²) in [5.74, 6) is 5.18. The van der Waals surface area contributed by atoms with Crippen molar-refractivity contribution in [3.05, 3.63) is 66.0 Å². The van der Waals surface area contributed by atoms with Gasteiger partial charge in [-0.15, -0.1) is 0 Å². The minimum Gasteiger partial charge on any atom is -0.366 e. The lowest BCUT2D eigenvalue weighted by atomic mass is 10.1. The van der Waals surface area contributed by atoms with Gasteiger partial charge in [0.05, 0.1) is 23.9 Å². The minimum absolute atomic E-state index is 0.137. The number of rotatable bonds is 4. The van der Waals surface area contributed by atoms with Crippen LogP contribution in [0.2, 0.25) is 0 Å². The maximum atomic E-state index is 12.0. The van der Waals surface area contributed by atoms with Gasteiger partial charge in [0.25, 0.3) is 0 Å². The molecule has 0 aliphatic rings. The summed E-state index contributed by atoms with van der Waals surface area (Å²) < 4.78 is 1.79. The van der Waals surface area contributed by atoms with Gasteiger partial charge in [-0.3, -0.25) is 9.59 Å². The number of benzene rings is 2. The standard InChI is InChI=1S/C19H16N4O2/c20-19(25)15-9-7-14(8-10-15)4-3-11-21-18(24)12-23-13-22-16-5-1-2-6-17(16)23/h1-2,5-10,13H,11-12H2,(H2,20,25)(H,21,24). The smallest absolute Gasteiger partial charge is 0.248 e. The summed E-state index contributed by atoms with van der Waals surface area (Å²) in [6.07, 6.45) is 1.65. The SMILES string of the molecule is NC(=O)c1ccc(C#CCNC(=O)Cn2cnc3ccccc32)cc1. The number of nitrogens with two attached hydrogens (primary N) is 1. The third-order valence-electron chi connectivity index (χ3n) is 3.62. The molecular weight excluding hydrogens is 316 g/mol. The Hall–Kier alpha value is -3.59. The number of fused-ring (bicyclic) bond motifs is 1. The number of imidazole rings is 1. The predicted molar refractivity (Wildman–Crippen MR) is 94.6 cm³/mol. The monoisotopic (exact) mass is 332 g/mol. The average molecular weight is 332 g/mol. The molecule has 0 saturated carbocycles. The van der Waals surface area contributed by atoms with Crippen LogP contribution in [0.1, 0.15) is 15.9 Å². The van der Waals surface area contributed by atoms with Crippen LogP contribution in [-0.2, 0) is 11.3 Å². The highest BCUT2D eigenvalue weighted by Crippen LogP contribution is 2.11. The first-order chi connectivity index (χ1) is 12.1. The fraction of sp³-hybridized carbons (Fsp3) is 0.105. The van der Waals surface area contributed by atoms with Gasteiger partial charge < -0.3 is 15.6 Å². The molecule has 6 heteroatoms. The summed E-state index contributed by atoms with van der Waals surface area (Å²) in [6, 6.07) is 14.3. The highest BCUT2D eigenvalue weighted by molar-refractivity contribution is 5.92. The number of aromatic nitrogens is 2. The van der Waals surface area contributed by atoms with Crippen molar-refractivity contribution in [3.8, 4) is 11.8 Å². The average Bonchev–Trinajstić information content (AvgIpc) is 3.02. The van der Waals surface area contributed by atoms with Crippen molar-refractivity contribution < 1.29 is 9.59 Å². The van der Waals surface area contributed by atoms with Crippen molar-refractivity contribution >= 4 is 22.8 Å². The van der Waals surface area contributed by atoms with E-state index in [1.807, 2.05) is 24.3 Å². The molecule has 0 saturated heterocycles. The van der Waals surface area contributed by atoms with E-state index >= 15 is 0 Å². The van der Waals surface area contributed by atoms with Crippen molar-refractivity contribution in [2.75, 3.05) is 6.54 Å². The van der Waals surface area contributed by atoms with Gasteiger partial charge in [-0.05, 0) is 36.4 Å². The predicted octanol–water partition coefficient (Wildman–Crippen LogP) is 1.30. The molecule has 3 rings (SSSR count). The van der Waals surface area contributed by atoms with Gasteiger partial charge in [0.15, 0.2) is 0 Å². The molecule has 124 valence electrons. The summed E-state index contributed by atoms with van der Waals surface area (Å²) in [5, 5.41) is 2.75. The molecule has 0 aliphatic carbocycles. The van der Waals surface area contributed by atoms with Crippen molar-refractivity contribution in [3.63, 3.8) is 0 Å². The second-order valence-corrected chi connectivity index (χ2v) is 5.38. The molecule has 0 bridgehead atoms. The minimum atomic E-state index is -0.473. The Labute approximate surface area is 144 Å². The molecule has 3 N–H and O–H groups in total. The number of primary amides is 1. The number of nitrogens with zero attached hydrogens (tertiary/aromatic N) is 2. The lowest BCUT2D eigenvalue weighted by Gasteiger charge is -2.03. The number of para-hydroxylation sites is 2. The van der Waals surface area contributed by atoms with E-state index in [9.17, 15) is 9.59 Å². The van der Waals surface area contributed by atoms with Crippen molar-refractivity contribution in [2.45, 2.75) is 6.54 Å². The Balaban J connectivity index is 1.54. The molecule has 0 atom stereocenters. The van der Waals surface area contributed by atoms with Crippen molar-refractivity contribution in [1.29, 1.82) is 0 Å². The van der Waals surface area contributed by atoms with Crippen LogP contribution in [0.4, 0.5) is 0 Å². The van der Waals surface area contributed by atoms with E-state index in [2.05, 4.69) is 22.1 Å². The van der Waals surface area contributed by atoms with E-state index < -0.39 is 5.91 Å². The van der Waals surface area contributed by atoms with E-state index in [-0.39, 0.29) is 19.0 Å². The van der Waals surface area contributed by atoms with Gasteiger partial charge in [0.1, 0.15) is 6.54 Å². The third-order valence-corrected chi connectivity index (χ3v) is 3.62. The molecular formula is C19H16N4O2. The second kappa shape index (κ2) is 7.32. The van der Waals surface area contributed by atoms with Gasteiger partial charge >= 0.3 is 0 Å². The lowest BCUT2D eigenvalue weighted by molar-refractivity contribution is -0.121. The highest BCUT2D eigenvalue weighted by atomic mass is 16.2. The number of carbonyl (C=O) groups excluding carboxylic acids is 2. The zero-order valence-corrected chi connectivity index (χ0v) is 13.4. The Bertz CT molecular complexity index is 978. The fourth-order valence-electron chi connectivity index (χ4n) is 2.35. The molecule has 3 aromatic rings. The zero-order chi connectivity index (χ0) is 17.6. The Morgan fingerprint density at radius 3 is 2.64 bits per heavy atom. The van der Waals surface area contributed by atoms with Crippen LogP contribution < -0.4 is 11.1 Å². The van der Waals surface area contributed by atoms with Crippen LogP contribution >= 0.6 is 0 Å². The van der Waals surface area contributed by atoms with Gasteiger partial charge in [0, 0.05) is 11.1 Å². The summed E-state index contributed by atoms with van der Waals surface area (Å²) >= 11 is 0. The summed E-state index contributed by atoms with van der Waals surface area (Å²) in [5.41, 5.74) is 8.14. The molecule has 6 nitrogen and oxygen atoms in total. The van der Waals surface area contributed by atoms with E-state index in [0.29, 0.717) is 5.56 Å². The van der Waals surface area contributed by atoms with Crippen LogP contribution in [0, 0.1) is 11.8 Å². The Morgan fingerprint density at radius 2 is 1.88 bits per heavy atom. The summed E-state index contributed by atoms with van der Waals surface area (Å²) in [4.78, 5) is 27.2. The molecule has 2 amide bonds. The molecule has 0 fully saturated rings. The molecule has 0 spiro atoms. The van der Waals surface area contributed by atoms with Gasteiger partial charge in [-0.2, -0.15) is 0 Å². The van der Waals surface area contributed by atoms with Gasteiger partial charge in [0.2, 0.25) is 11.8 Å². The van der Waals surface area contributed by atoms with Gasteiger partial charge in [-0.25, -0.2) is 4.98 Å². The van der Waals surface area contributed by atoms with E-state index in [1.165, 1.54) is 0 Å². The van der Waals surface area contributed by atoms with Crippen molar-refractivity contribution in [2.24, 2.45) is 5.73 Å². The van der Waals surface area contributed by atoms with Crippen molar-refractivity contribution in [1.82, 2.24) is 14.9 Å². The second-order valence-electron chi connectivity index (χ2n) is 5.38. The number of amides is 2. The quantitative estimate of drug-likeness (QED) is 0.706. The first kappa shape index (κ1) is 16.3. The zero-order valence-electron chi connectivity index (χ0n) is 13.4. The normalized spacial score (nSPS) is 10.1. The van der Waals surface area contributed by atoms with Crippen LogP contribution in [0.3, 0.4) is 0 Å². The molecule has 1 aromatic heterocycles. The summed E-state index contributed by atoms with van der Waals surface area (Å²) in [7, 11) is 0. The van der Waals surface area contributed by atoms with Crippen LogP contribution in [0.15, 0.2) is 54.9 Å². The molecule has 0 radical (unpaired) electrons. The molecule has 1 heterocycles. The maximum Gasteiger partial charge on any atom is 0.248 e. The Morgan fingerprint density at radius 1 is 1.12 bits per heavy atom. The topological polar surface area (TPSA) is 90.0 Å². The maximum absolute atomic E-state index is 12.0. The van der Waals surface area contributed by atoms with E-state index in [1.54, 1.807) is 35.2 Å². The van der Waals surface area contributed by atoms with Gasteiger partial charge in [-0.1, -0.05) is 24.0 Å². The number of carbonyl (C=O) groups is 2. The molecule has 0 unspecified atom stereocenters. The largest absolute Gasteiger partial charge is 0.366 e. The molecule has 2 aromatic carbocycles.